The van der Waals surface area contributed by atoms with Gasteiger partial charge in [0.25, 0.3) is 0 Å². The van der Waals surface area contributed by atoms with Crippen molar-refractivity contribution in [3.05, 3.63) is 35.9 Å². The largest absolute Gasteiger partial charge is 0.370 e. The molecule has 0 radical (unpaired) electrons. The molecule has 2 N–H and O–H groups in total. The fourth-order valence-electron chi connectivity index (χ4n) is 1.90. The van der Waals surface area contributed by atoms with Crippen LogP contribution in [-0.4, -0.2) is 44.0 Å². The van der Waals surface area contributed by atoms with Crippen molar-refractivity contribution in [2.45, 2.75) is 6.54 Å². The molecule has 0 aliphatic carbocycles. The Hall–Kier alpha value is -2.30. The average molecular weight is 271 g/mol. The van der Waals surface area contributed by atoms with Gasteiger partial charge >= 0.3 is 0 Å². The minimum absolute atomic E-state index is 0.525. The summed E-state index contributed by atoms with van der Waals surface area (Å²) in [6.45, 7) is 0.549. The van der Waals surface area contributed by atoms with Gasteiger partial charge in [-0.2, -0.15) is 0 Å². The van der Waals surface area contributed by atoms with Crippen LogP contribution < -0.4 is 10.6 Å². The van der Waals surface area contributed by atoms with Crippen molar-refractivity contribution < 1.29 is 0 Å². The van der Waals surface area contributed by atoms with E-state index in [1.54, 1.807) is 4.90 Å². The van der Waals surface area contributed by atoms with Crippen LogP contribution in [0.15, 0.2) is 35.3 Å². The molecule has 106 valence electrons. The molecule has 0 fully saturated rings. The molecule has 0 spiro atoms. The lowest BCUT2D eigenvalue weighted by Gasteiger charge is -2.15. The minimum Gasteiger partial charge on any atom is -0.370 e. The quantitative estimate of drug-likeness (QED) is 0.681. The Kier molecular flexibility index (Phi) is 4.08. The molecule has 0 bridgehead atoms. The van der Waals surface area contributed by atoms with E-state index in [4.69, 9.17) is 5.73 Å². The van der Waals surface area contributed by atoms with Crippen LogP contribution in [0.5, 0.6) is 0 Å². The van der Waals surface area contributed by atoms with Gasteiger partial charge < -0.3 is 15.5 Å². The highest BCUT2D eigenvalue weighted by atomic mass is 15.2. The van der Waals surface area contributed by atoms with Crippen molar-refractivity contribution in [3.63, 3.8) is 0 Å². The van der Waals surface area contributed by atoms with Gasteiger partial charge in [-0.15, -0.1) is 0 Å². The SMILES string of the molecule is CN(C)C(N)=NCc1cc(N(C)C)nc2ccccc12. The summed E-state index contributed by atoms with van der Waals surface area (Å²) in [5.74, 6) is 1.45. The lowest BCUT2D eigenvalue weighted by molar-refractivity contribution is 0.609. The molecule has 2 aromatic rings. The summed E-state index contributed by atoms with van der Waals surface area (Å²) >= 11 is 0. The fraction of sp³-hybridized carbons (Fsp3) is 0.333. The van der Waals surface area contributed by atoms with E-state index >= 15 is 0 Å². The molecule has 0 unspecified atom stereocenters. The maximum atomic E-state index is 5.86. The highest BCUT2D eigenvalue weighted by Gasteiger charge is 2.07. The Morgan fingerprint density at radius 3 is 2.55 bits per heavy atom. The second-order valence-electron chi connectivity index (χ2n) is 5.12. The van der Waals surface area contributed by atoms with Crippen LogP contribution in [0.2, 0.25) is 0 Å². The molecular formula is C15H21N5. The van der Waals surface area contributed by atoms with Gasteiger partial charge in [-0.1, -0.05) is 18.2 Å². The Bertz CT molecular complexity index is 631. The number of benzene rings is 1. The molecule has 0 aliphatic rings. The molecule has 20 heavy (non-hydrogen) atoms. The zero-order chi connectivity index (χ0) is 14.7. The molecule has 1 aromatic carbocycles. The molecule has 0 atom stereocenters. The Morgan fingerprint density at radius 2 is 1.90 bits per heavy atom. The molecule has 2 rings (SSSR count). The lowest BCUT2D eigenvalue weighted by atomic mass is 10.1. The predicted octanol–water partition coefficient (Wildman–Crippen LogP) is 1.68. The third kappa shape index (κ3) is 2.99. The number of hydrogen-bond acceptors (Lipinski definition) is 3. The van der Waals surface area contributed by atoms with E-state index in [2.05, 4.69) is 22.1 Å². The Labute approximate surface area is 119 Å². The molecule has 5 nitrogen and oxygen atoms in total. The summed E-state index contributed by atoms with van der Waals surface area (Å²) in [4.78, 5) is 12.8. The van der Waals surface area contributed by atoms with Gasteiger partial charge in [0.15, 0.2) is 5.96 Å². The number of fused-ring (bicyclic) bond motifs is 1. The van der Waals surface area contributed by atoms with Crippen molar-refractivity contribution in [1.82, 2.24) is 9.88 Å². The van der Waals surface area contributed by atoms with E-state index in [0.717, 1.165) is 22.3 Å². The fourth-order valence-corrected chi connectivity index (χ4v) is 1.90. The monoisotopic (exact) mass is 271 g/mol. The van der Waals surface area contributed by atoms with Crippen molar-refractivity contribution in [2.75, 3.05) is 33.1 Å². The van der Waals surface area contributed by atoms with Crippen molar-refractivity contribution in [2.24, 2.45) is 10.7 Å². The number of pyridine rings is 1. The Morgan fingerprint density at radius 1 is 1.20 bits per heavy atom. The molecule has 0 saturated heterocycles. The molecule has 1 aromatic heterocycles. The van der Waals surface area contributed by atoms with E-state index < -0.39 is 0 Å². The maximum Gasteiger partial charge on any atom is 0.191 e. The summed E-state index contributed by atoms with van der Waals surface area (Å²) in [6, 6.07) is 10.2. The summed E-state index contributed by atoms with van der Waals surface area (Å²) in [5.41, 5.74) is 7.96. The normalized spacial score (nSPS) is 11.7. The average Bonchev–Trinajstić information content (AvgIpc) is 2.43. The van der Waals surface area contributed by atoms with Crippen LogP contribution in [0, 0.1) is 0 Å². The first kappa shape index (κ1) is 14.1. The first-order chi connectivity index (χ1) is 9.49. The number of aromatic nitrogens is 1. The summed E-state index contributed by atoms with van der Waals surface area (Å²) in [6.07, 6.45) is 0. The molecule has 1 heterocycles. The highest BCUT2D eigenvalue weighted by molar-refractivity contribution is 5.84. The molecule has 0 saturated carbocycles. The molecule has 5 heteroatoms. The molecule has 0 amide bonds. The summed E-state index contributed by atoms with van der Waals surface area (Å²) in [7, 11) is 7.74. The van der Waals surface area contributed by atoms with Gasteiger partial charge in [-0.25, -0.2) is 9.98 Å². The second-order valence-corrected chi connectivity index (χ2v) is 5.12. The maximum absolute atomic E-state index is 5.86. The van der Waals surface area contributed by atoms with Crippen LogP contribution in [-0.2, 0) is 6.54 Å². The zero-order valence-electron chi connectivity index (χ0n) is 12.5. The summed E-state index contributed by atoms with van der Waals surface area (Å²) in [5, 5.41) is 1.12. The van der Waals surface area contributed by atoms with E-state index in [0.29, 0.717) is 12.5 Å². The van der Waals surface area contributed by atoms with Gasteiger partial charge in [-0.3, -0.25) is 0 Å². The van der Waals surface area contributed by atoms with Gasteiger partial charge in [0.2, 0.25) is 0 Å². The van der Waals surface area contributed by atoms with E-state index in [-0.39, 0.29) is 0 Å². The van der Waals surface area contributed by atoms with E-state index in [9.17, 15) is 0 Å². The lowest BCUT2D eigenvalue weighted by Crippen LogP contribution is -2.30. The van der Waals surface area contributed by atoms with Gasteiger partial charge in [0.05, 0.1) is 12.1 Å². The van der Waals surface area contributed by atoms with Gasteiger partial charge in [0.1, 0.15) is 5.82 Å². The number of anilines is 1. The number of aliphatic imine (C=N–C) groups is 1. The number of rotatable bonds is 3. The topological polar surface area (TPSA) is 57.8 Å². The number of guanidine groups is 1. The zero-order valence-corrected chi connectivity index (χ0v) is 12.5. The van der Waals surface area contributed by atoms with Crippen LogP contribution in [0.4, 0.5) is 5.82 Å². The van der Waals surface area contributed by atoms with E-state index in [1.165, 1.54) is 0 Å². The number of hydrogen-bond donors (Lipinski definition) is 1. The number of nitrogens with zero attached hydrogens (tertiary/aromatic N) is 4. The van der Waals surface area contributed by atoms with Crippen LogP contribution >= 0.6 is 0 Å². The smallest absolute Gasteiger partial charge is 0.191 e. The number of para-hydroxylation sites is 1. The van der Waals surface area contributed by atoms with Gasteiger partial charge in [0, 0.05) is 33.6 Å². The van der Waals surface area contributed by atoms with E-state index in [1.807, 2.05) is 51.3 Å². The standard InChI is InChI=1S/C15H21N5/c1-19(2)14-9-11(10-17-15(16)20(3)4)12-7-5-6-8-13(12)18-14/h5-9H,10H2,1-4H3,(H2,16,17). The van der Waals surface area contributed by atoms with Crippen LogP contribution in [0.1, 0.15) is 5.56 Å². The third-order valence-electron chi connectivity index (χ3n) is 3.12. The first-order valence-electron chi connectivity index (χ1n) is 6.52. The molecule has 0 aliphatic heterocycles. The van der Waals surface area contributed by atoms with Crippen LogP contribution in [0.25, 0.3) is 10.9 Å². The van der Waals surface area contributed by atoms with Crippen LogP contribution in [0.3, 0.4) is 0 Å². The first-order valence-corrected chi connectivity index (χ1v) is 6.52. The minimum atomic E-state index is 0.525. The van der Waals surface area contributed by atoms with Crippen molar-refractivity contribution in [3.8, 4) is 0 Å². The van der Waals surface area contributed by atoms with Gasteiger partial charge in [-0.05, 0) is 17.7 Å². The molecular weight excluding hydrogens is 250 g/mol. The van der Waals surface area contributed by atoms with Crippen molar-refractivity contribution in [1.29, 1.82) is 0 Å². The third-order valence-corrected chi connectivity index (χ3v) is 3.12. The van der Waals surface area contributed by atoms with Crippen molar-refractivity contribution >= 4 is 22.7 Å². The summed E-state index contributed by atoms with van der Waals surface area (Å²) < 4.78 is 0. The Balaban J connectivity index is 2.47. The second kappa shape index (κ2) is 5.77. The highest BCUT2D eigenvalue weighted by Crippen LogP contribution is 2.22. The number of nitrogens with two attached hydrogens (primary N) is 1. The predicted molar refractivity (Wildman–Crippen MR) is 85.1 cm³/mol.